The van der Waals surface area contributed by atoms with Crippen LogP contribution in [0.5, 0.6) is 0 Å². The van der Waals surface area contributed by atoms with E-state index in [1.54, 1.807) is 11.9 Å². The Morgan fingerprint density at radius 2 is 2.00 bits per heavy atom. The van der Waals surface area contributed by atoms with E-state index < -0.39 is 12.7 Å². The molecule has 28 heavy (non-hydrogen) atoms. The number of anilines is 1. The van der Waals surface area contributed by atoms with Gasteiger partial charge in [0.25, 0.3) is 0 Å². The van der Waals surface area contributed by atoms with Crippen LogP contribution in [0.4, 0.5) is 18.9 Å². The molecule has 2 rings (SSSR count). The van der Waals surface area contributed by atoms with Crippen molar-refractivity contribution < 1.29 is 18.0 Å². The van der Waals surface area contributed by atoms with Gasteiger partial charge in [-0.1, -0.05) is 18.2 Å². The van der Waals surface area contributed by atoms with Crippen molar-refractivity contribution in [1.29, 1.82) is 0 Å². The van der Waals surface area contributed by atoms with E-state index in [9.17, 15) is 18.0 Å². The number of alkyl halides is 3. The normalized spacial score (nSPS) is 17.6. The zero-order chi connectivity index (χ0) is 19.9. The Bertz CT molecular complexity index is 642. The first-order valence-electron chi connectivity index (χ1n) is 8.86. The maximum Gasteiger partial charge on any atom is 0.401 e. The highest BCUT2D eigenvalue weighted by molar-refractivity contribution is 14.0. The number of nitrogens with one attached hydrogen (secondary N) is 2. The van der Waals surface area contributed by atoms with Crippen molar-refractivity contribution in [3.8, 4) is 0 Å². The molecule has 1 aliphatic heterocycles. The molecule has 1 aliphatic rings. The van der Waals surface area contributed by atoms with E-state index in [-0.39, 0.29) is 35.9 Å². The highest BCUT2D eigenvalue weighted by Crippen LogP contribution is 2.21. The smallest absolute Gasteiger partial charge is 0.356 e. The van der Waals surface area contributed by atoms with Crippen LogP contribution in [-0.4, -0.2) is 69.3 Å². The number of para-hydroxylation sites is 1. The van der Waals surface area contributed by atoms with Gasteiger partial charge in [-0.25, -0.2) is 0 Å². The summed E-state index contributed by atoms with van der Waals surface area (Å²) in [6.07, 6.45) is -3.27. The maximum absolute atomic E-state index is 12.3. The first-order chi connectivity index (χ1) is 12.8. The Morgan fingerprint density at radius 1 is 1.32 bits per heavy atom. The molecular weight excluding hydrogens is 486 g/mol. The summed E-state index contributed by atoms with van der Waals surface area (Å²) in [5.74, 6) is 0.587. The maximum atomic E-state index is 12.3. The molecule has 1 heterocycles. The van der Waals surface area contributed by atoms with E-state index >= 15 is 0 Å². The molecular formula is C18H27F3IN5O. The van der Waals surface area contributed by atoms with Gasteiger partial charge in [0.1, 0.15) is 0 Å². The summed E-state index contributed by atoms with van der Waals surface area (Å²) < 4.78 is 36.9. The predicted molar refractivity (Wildman–Crippen MR) is 115 cm³/mol. The molecule has 0 bridgehead atoms. The summed E-state index contributed by atoms with van der Waals surface area (Å²) in [5, 5.41) is 6.29. The number of halogens is 4. The predicted octanol–water partition coefficient (Wildman–Crippen LogP) is 2.46. The fraction of sp³-hybridized carbons (Fsp3) is 0.556. The van der Waals surface area contributed by atoms with Gasteiger partial charge in [0.15, 0.2) is 5.96 Å². The van der Waals surface area contributed by atoms with Crippen LogP contribution in [0.25, 0.3) is 0 Å². The van der Waals surface area contributed by atoms with Gasteiger partial charge in [-0.15, -0.1) is 24.0 Å². The lowest BCUT2D eigenvalue weighted by Gasteiger charge is -2.20. The van der Waals surface area contributed by atoms with E-state index in [1.807, 2.05) is 30.3 Å². The monoisotopic (exact) mass is 513 g/mol. The first kappa shape index (κ1) is 24.5. The number of guanidine groups is 1. The molecule has 1 unspecified atom stereocenters. The standard InChI is InChI=1S/C18H26F3N5O.HI/c1-22-17(23-9-6-10-25(2)13-18(19,20)21)24-14-11-16(27)26(12-14)15-7-4-3-5-8-15;/h3-5,7-8,14H,6,9-13H2,1-2H3,(H2,22,23,24);1H. The lowest BCUT2D eigenvalue weighted by molar-refractivity contribution is -0.143. The third-order valence-electron chi connectivity index (χ3n) is 4.22. The van der Waals surface area contributed by atoms with Crippen molar-refractivity contribution in [3.63, 3.8) is 0 Å². The molecule has 0 aromatic heterocycles. The molecule has 158 valence electrons. The Morgan fingerprint density at radius 3 is 2.61 bits per heavy atom. The minimum absolute atomic E-state index is 0. The molecule has 1 saturated heterocycles. The van der Waals surface area contributed by atoms with Crippen LogP contribution in [0.3, 0.4) is 0 Å². The molecule has 1 atom stereocenters. The minimum Gasteiger partial charge on any atom is -0.356 e. The lowest BCUT2D eigenvalue weighted by Crippen LogP contribution is -2.45. The fourth-order valence-electron chi connectivity index (χ4n) is 2.99. The Hall–Kier alpha value is -1.56. The molecule has 10 heteroatoms. The van der Waals surface area contributed by atoms with Crippen molar-refractivity contribution in [2.24, 2.45) is 4.99 Å². The number of amides is 1. The van der Waals surface area contributed by atoms with Gasteiger partial charge >= 0.3 is 6.18 Å². The number of benzene rings is 1. The summed E-state index contributed by atoms with van der Waals surface area (Å²) in [5.41, 5.74) is 0.863. The molecule has 1 aromatic rings. The SMILES string of the molecule is CN=C(NCCCN(C)CC(F)(F)F)NC1CC(=O)N(c2ccccc2)C1.I. The van der Waals surface area contributed by atoms with Crippen LogP contribution in [0.2, 0.25) is 0 Å². The lowest BCUT2D eigenvalue weighted by atomic mass is 10.2. The van der Waals surface area contributed by atoms with Crippen LogP contribution >= 0.6 is 24.0 Å². The summed E-state index contributed by atoms with van der Waals surface area (Å²) in [6, 6.07) is 9.39. The average Bonchev–Trinajstić information content (AvgIpc) is 2.97. The van der Waals surface area contributed by atoms with Gasteiger partial charge in [0.05, 0.1) is 12.6 Å². The first-order valence-corrected chi connectivity index (χ1v) is 8.86. The van der Waals surface area contributed by atoms with Crippen LogP contribution in [0.15, 0.2) is 35.3 Å². The molecule has 0 radical (unpaired) electrons. The van der Waals surface area contributed by atoms with Crippen LogP contribution in [-0.2, 0) is 4.79 Å². The number of nitrogens with zero attached hydrogens (tertiary/aromatic N) is 3. The van der Waals surface area contributed by atoms with Crippen molar-refractivity contribution in [2.75, 3.05) is 45.2 Å². The third-order valence-corrected chi connectivity index (χ3v) is 4.22. The summed E-state index contributed by atoms with van der Waals surface area (Å²) in [4.78, 5) is 19.3. The van der Waals surface area contributed by atoms with Crippen molar-refractivity contribution in [2.45, 2.75) is 25.1 Å². The quantitative estimate of drug-likeness (QED) is 0.255. The highest BCUT2D eigenvalue weighted by Gasteiger charge is 2.31. The summed E-state index contributed by atoms with van der Waals surface area (Å²) >= 11 is 0. The van der Waals surface area contributed by atoms with Crippen LogP contribution in [0, 0.1) is 0 Å². The van der Waals surface area contributed by atoms with Gasteiger partial charge < -0.3 is 15.5 Å². The van der Waals surface area contributed by atoms with Gasteiger partial charge in [0.2, 0.25) is 5.91 Å². The van der Waals surface area contributed by atoms with Gasteiger partial charge in [-0.3, -0.25) is 14.7 Å². The Balaban J connectivity index is 0.00000392. The molecule has 1 amide bonds. The van der Waals surface area contributed by atoms with Crippen molar-refractivity contribution >= 4 is 41.5 Å². The van der Waals surface area contributed by atoms with Crippen molar-refractivity contribution in [3.05, 3.63) is 30.3 Å². The van der Waals surface area contributed by atoms with Crippen molar-refractivity contribution in [1.82, 2.24) is 15.5 Å². The third kappa shape index (κ3) is 8.21. The van der Waals surface area contributed by atoms with E-state index in [0.717, 1.165) is 5.69 Å². The largest absolute Gasteiger partial charge is 0.401 e. The number of aliphatic imine (C=N–C) groups is 1. The van der Waals surface area contributed by atoms with Gasteiger partial charge in [0, 0.05) is 32.2 Å². The van der Waals surface area contributed by atoms with E-state index in [4.69, 9.17) is 0 Å². The van der Waals surface area contributed by atoms with E-state index in [2.05, 4.69) is 15.6 Å². The average molecular weight is 513 g/mol. The van der Waals surface area contributed by atoms with Gasteiger partial charge in [-0.2, -0.15) is 13.2 Å². The second-order valence-electron chi connectivity index (χ2n) is 6.59. The molecule has 1 fully saturated rings. The highest BCUT2D eigenvalue weighted by atomic mass is 127. The zero-order valence-corrected chi connectivity index (χ0v) is 18.3. The second-order valence-corrected chi connectivity index (χ2v) is 6.59. The molecule has 6 nitrogen and oxygen atoms in total. The molecule has 0 spiro atoms. The molecule has 2 N–H and O–H groups in total. The van der Waals surface area contributed by atoms with E-state index in [0.29, 0.717) is 38.4 Å². The van der Waals surface area contributed by atoms with E-state index in [1.165, 1.54) is 11.9 Å². The second kappa shape index (κ2) is 11.4. The van der Waals surface area contributed by atoms with Crippen LogP contribution < -0.4 is 15.5 Å². The number of carbonyl (C=O) groups is 1. The summed E-state index contributed by atoms with van der Waals surface area (Å²) in [6.45, 7) is 0.440. The number of hydrogen-bond donors (Lipinski definition) is 2. The molecule has 0 aliphatic carbocycles. The van der Waals surface area contributed by atoms with Gasteiger partial charge in [-0.05, 0) is 32.1 Å². The number of carbonyl (C=O) groups excluding carboxylic acids is 1. The van der Waals surface area contributed by atoms with Crippen LogP contribution in [0.1, 0.15) is 12.8 Å². The zero-order valence-electron chi connectivity index (χ0n) is 16.0. The summed E-state index contributed by atoms with van der Waals surface area (Å²) in [7, 11) is 3.07. The number of hydrogen-bond acceptors (Lipinski definition) is 3. The molecule has 0 saturated carbocycles. The molecule has 1 aromatic carbocycles. The topological polar surface area (TPSA) is 60.0 Å². The Labute approximate surface area is 180 Å². The Kier molecular flexibility index (Phi) is 10.0. The number of rotatable bonds is 7. The minimum atomic E-state index is -4.18. The fourth-order valence-corrected chi connectivity index (χ4v) is 2.99.